The van der Waals surface area contributed by atoms with Gasteiger partial charge in [-0.05, 0) is 35.1 Å². The number of benzene rings is 2. The number of alkyl halides is 2. The van der Waals surface area contributed by atoms with E-state index in [1.807, 2.05) is 0 Å². The molecule has 7 nitrogen and oxygen atoms in total. The second-order valence-corrected chi connectivity index (χ2v) is 9.45. The molecule has 1 N–H and O–H groups in total. The molecule has 2 aliphatic rings. The third kappa shape index (κ3) is 4.35. The molecule has 0 aliphatic carbocycles. The Morgan fingerprint density at radius 3 is 2.40 bits per heavy atom. The van der Waals surface area contributed by atoms with E-state index in [2.05, 4.69) is 5.32 Å². The number of rotatable bonds is 5. The van der Waals surface area contributed by atoms with Crippen LogP contribution in [-0.4, -0.2) is 63.1 Å². The summed E-state index contributed by atoms with van der Waals surface area (Å²) in [5.74, 6) is -7.03. The average Bonchev–Trinajstić information content (AvgIpc) is 3.15. The van der Waals surface area contributed by atoms with E-state index in [1.54, 1.807) is 33.9 Å². The molecule has 0 spiro atoms. The molecule has 4 amide bonds. The molecule has 1 saturated heterocycles. The molecule has 4 rings (SSSR count). The van der Waals surface area contributed by atoms with Crippen LogP contribution in [0, 0.1) is 0 Å². The Hall–Kier alpha value is -3.14. The number of hydrogen-bond donors (Lipinski definition) is 1. The molecule has 2 aromatic rings. The zero-order valence-electron chi connectivity index (χ0n) is 19.3. The Kier molecular flexibility index (Phi) is 6.53. The highest BCUT2D eigenvalue weighted by atomic mass is 35.5. The summed E-state index contributed by atoms with van der Waals surface area (Å²) in [6, 6.07) is 8.77. The molecule has 3 unspecified atom stereocenters. The van der Waals surface area contributed by atoms with E-state index in [-0.39, 0.29) is 35.7 Å². The van der Waals surface area contributed by atoms with Crippen molar-refractivity contribution in [3.63, 3.8) is 0 Å². The molecule has 2 heterocycles. The highest BCUT2D eigenvalue weighted by Crippen LogP contribution is 2.37. The number of hydrogen-bond acceptors (Lipinski definition) is 4. The summed E-state index contributed by atoms with van der Waals surface area (Å²) in [5.41, 5.74) is 1.08. The molecule has 0 bridgehead atoms. The van der Waals surface area contributed by atoms with Crippen LogP contribution >= 0.6 is 11.6 Å². The first-order valence-electron chi connectivity index (χ1n) is 11.1. The molecule has 35 heavy (non-hydrogen) atoms. The maximum Gasteiger partial charge on any atom is 0.349 e. The normalized spacial score (nSPS) is 22.4. The average molecular weight is 497 g/mol. The highest BCUT2D eigenvalue weighted by Gasteiger charge is 2.48. The third-order valence-electron chi connectivity index (χ3n) is 6.87. The molecular formula is C22H21B3ClF2N3O4. The number of fused-ring (bicyclic) bond motifs is 1. The molecule has 0 aromatic heterocycles. The van der Waals surface area contributed by atoms with Gasteiger partial charge in [-0.2, -0.15) is 8.78 Å². The zero-order valence-corrected chi connectivity index (χ0v) is 20.1. The lowest BCUT2D eigenvalue weighted by molar-refractivity contribution is -0.147. The number of piperidine rings is 1. The van der Waals surface area contributed by atoms with Crippen molar-refractivity contribution in [1.29, 1.82) is 0 Å². The van der Waals surface area contributed by atoms with Crippen molar-refractivity contribution in [2.75, 3.05) is 0 Å². The summed E-state index contributed by atoms with van der Waals surface area (Å²) in [7, 11) is 4.92. The molecule has 2 aliphatic heterocycles. The minimum Gasteiger partial charge on any atom is -0.346 e. The van der Waals surface area contributed by atoms with E-state index < -0.39 is 35.2 Å². The van der Waals surface area contributed by atoms with Crippen LogP contribution in [0.2, 0.25) is 16.7 Å². The summed E-state index contributed by atoms with van der Waals surface area (Å²) in [6.45, 7) is -0.0249. The smallest absolute Gasteiger partial charge is 0.346 e. The second-order valence-electron chi connectivity index (χ2n) is 9.02. The topological polar surface area (TPSA) is 86.8 Å². The van der Waals surface area contributed by atoms with Crippen molar-refractivity contribution >= 4 is 58.9 Å². The predicted octanol–water partition coefficient (Wildman–Crippen LogP) is -0.167. The number of carbonyl (C=O) groups is 4. The lowest BCUT2D eigenvalue weighted by Gasteiger charge is -2.42. The fourth-order valence-electron chi connectivity index (χ4n) is 4.57. The number of imide groups is 1. The molecule has 1 fully saturated rings. The van der Waals surface area contributed by atoms with Gasteiger partial charge < -0.3 is 15.0 Å². The van der Waals surface area contributed by atoms with Gasteiger partial charge in [0.05, 0.1) is 0 Å². The van der Waals surface area contributed by atoms with Crippen LogP contribution in [-0.2, 0) is 33.4 Å². The van der Waals surface area contributed by atoms with Gasteiger partial charge in [0.15, 0.2) is 0 Å². The quantitative estimate of drug-likeness (QED) is 0.460. The number of amides is 4. The van der Waals surface area contributed by atoms with Gasteiger partial charge in [-0.25, -0.2) is 0 Å². The van der Waals surface area contributed by atoms with Crippen molar-refractivity contribution in [1.82, 2.24) is 15.0 Å². The number of nitrogens with zero attached hydrogens (tertiary/aromatic N) is 2. The first-order chi connectivity index (χ1) is 16.4. The van der Waals surface area contributed by atoms with Crippen LogP contribution in [0.5, 0.6) is 0 Å². The van der Waals surface area contributed by atoms with Crippen molar-refractivity contribution in [3.05, 3.63) is 69.7 Å². The lowest BCUT2D eigenvalue weighted by atomic mass is 9.59. The van der Waals surface area contributed by atoms with Crippen LogP contribution in [0.4, 0.5) is 8.78 Å². The van der Waals surface area contributed by atoms with Crippen LogP contribution < -0.4 is 5.32 Å². The van der Waals surface area contributed by atoms with Crippen molar-refractivity contribution in [2.24, 2.45) is 0 Å². The summed E-state index contributed by atoms with van der Waals surface area (Å²) in [5, 5.41) is 2.52. The van der Waals surface area contributed by atoms with Crippen molar-refractivity contribution in [3.8, 4) is 0 Å². The summed E-state index contributed by atoms with van der Waals surface area (Å²) >= 11 is 5.73. The van der Waals surface area contributed by atoms with Crippen molar-refractivity contribution < 1.29 is 28.0 Å². The molecule has 13 heteroatoms. The maximum absolute atomic E-state index is 14.5. The van der Waals surface area contributed by atoms with Gasteiger partial charge in [0, 0.05) is 35.1 Å². The van der Waals surface area contributed by atoms with Gasteiger partial charge in [0.25, 0.3) is 11.8 Å². The van der Waals surface area contributed by atoms with E-state index in [0.29, 0.717) is 16.7 Å². The molecular weight excluding hydrogens is 476 g/mol. The van der Waals surface area contributed by atoms with E-state index in [4.69, 9.17) is 11.6 Å². The zero-order chi connectivity index (χ0) is 25.7. The van der Waals surface area contributed by atoms with E-state index in [1.165, 1.54) is 25.0 Å². The third-order valence-corrected chi connectivity index (χ3v) is 7.12. The fraction of sp³-hybridized carbons (Fsp3) is 0.273. The van der Waals surface area contributed by atoms with E-state index in [9.17, 15) is 28.0 Å². The minimum absolute atomic E-state index is 0.145. The summed E-state index contributed by atoms with van der Waals surface area (Å²) < 4.78 is 29.0. The van der Waals surface area contributed by atoms with Crippen molar-refractivity contribution in [2.45, 2.75) is 36.7 Å². The molecule has 2 aromatic carbocycles. The lowest BCUT2D eigenvalue weighted by Crippen LogP contribution is -2.58. The first-order valence-corrected chi connectivity index (χ1v) is 11.5. The largest absolute Gasteiger partial charge is 0.349 e. The Balaban J connectivity index is 1.47. The standard InChI is InChI=1S/C22H21B3ClF2N3O4/c23-15-16(24)19(33)31(25)20(34)17(15)30-9-11-7-10(1-6-14(11)18(30)32)8-29-21(35)22(27,28)12-2-4-13(26)5-3-12/h1-7,15-17H,8-9,23-25H2,(H,29,35). The van der Waals surface area contributed by atoms with Gasteiger partial charge in [-0.3, -0.25) is 19.2 Å². The van der Waals surface area contributed by atoms with Gasteiger partial charge in [-0.15, -0.1) is 0 Å². The second kappa shape index (κ2) is 9.15. The Labute approximate surface area is 208 Å². The summed E-state index contributed by atoms with van der Waals surface area (Å²) in [6.07, 6.45) is 0. The Bertz CT molecular complexity index is 1230. The monoisotopic (exact) mass is 497 g/mol. The molecule has 3 atom stereocenters. The van der Waals surface area contributed by atoms with E-state index in [0.717, 1.165) is 16.9 Å². The number of nitrogens with one attached hydrogen (secondary N) is 1. The predicted molar refractivity (Wildman–Crippen MR) is 132 cm³/mol. The van der Waals surface area contributed by atoms with Crippen LogP contribution in [0.15, 0.2) is 42.5 Å². The van der Waals surface area contributed by atoms with Gasteiger partial charge in [0.1, 0.15) is 21.7 Å². The Morgan fingerprint density at radius 1 is 1.09 bits per heavy atom. The minimum atomic E-state index is -3.74. The molecule has 0 radical (unpaired) electrons. The maximum atomic E-state index is 14.5. The Morgan fingerprint density at radius 2 is 1.74 bits per heavy atom. The first kappa shape index (κ1) is 25.0. The molecule has 0 saturated carbocycles. The SMILES string of the molecule is BC1C(=O)N(B)C(=O)C(N2Cc3cc(CNC(=O)C(F)(F)c4ccc(Cl)cc4)ccc3C2=O)C1B. The summed E-state index contributed by atoms with van der Waals surface area (Å²) in [4.78, 5) is 52.9. The van der Waals surface area contributed by atoms with Gasteiger partial charge in [-0.1, -0.05) is 35.9 Å². The van der Waals surface area contributed by atoms with Crippen LogP contribution in [0.3, 0.4) is 0 Å². The van der Waals surface area contributed by atoms with Gasteiger partial charge in [0.2, 0.25) is 19.8 Å². The number of carbonyl (C=O) groups excluding carboxylic acids is 4. The van der Waals surface area contributed by atoms with Crippen LogP contribution in [0.25, 0.3) is 0 Å². The van der Waals surface area contributed by atoms with E-state index >= 15 is 0 Å². The highest BCUT2D eigenvalue weighted by molar-refractivity contribution is 6.40. The molecule has 178 valence electrons. The van der Waals surface area contributed by atoms with Crippen LogP contribution in [0.1, 0.15) is 27.0 Å². The fourth-order valence-corrected chi connectivity index (χ4v) is 4.69. The number of halogens is 3. The van der Waals surface area contributed by atoms with Gasteiger partial charge >= 0.3 is 5.92 Å².